The number of nitrogens with one attached hydrogen (secondary N) is 1. The third-order valence-electron chi connectivity index (χ3n) is 3.05. The van der Waals surface area contributed by atoms with Crippen molar-refractivity contribution in [1.29, 1.82) is 0 Å². The second kappa shape index (κ2) is 5.47. The summed E-state index contributed by atoms with van der Waals surface area (Å²) < 4.78 is 28.1. The Bertz CT molecular complexity index is 738. The molecule has 2 rings (SSSR count). The number of nitrogens with two attached hydrogens (primary N) is 1. The Morgan fingerprint density at radius 2 is 2.00 bits per heavy atom. The minimum atomic E-state index is -3.73. The number of rotatable bonds is 4. The zero-order chi connectivity index (χ0) is 14.9. The molecule has 1 aromatic carbocycles. The molecule has 0 amide bonds. The maximum Gasteiger partial charge on any atom is 0.238 e. The number of aryl methyl sites for hydroxylation is 1. The second-order valence-corrected chi connectivity index (χ2v) is 6.45. The monoisotopic (exact) mass is 314 g/mol. The summed E-state index contributed by atoms with van der Waals surface area (Å²) in [5.74, 6) is 0.660. The molecular formula is C13H15ClN2O3S. The average Bonchev–Trinajstić information content (AvgIpc) is 2.75. The minimum Gasteiger partial charge on any atom is -0.448 e. The molecule has 0 aliphatic heterocycles. The molecule has 0 radical (unpaired) electrons. The summed E-state index contributed by atoms with van der Waals surface area (Å²) in [7, 11) is -3.73. The number of sulfonamides is 1. The first-order valence-electron chi connectivity index (χ1n) is 5.89. The van der Waals surface area contributed by atoms with Crippen molar-refractivity contribution in [1.82, 2.24) is 0 Å². The summed E-state index contributed by atoms with van der Waals surface area (Å²) in [5.41, 5.74) is 2.49. The van der Waals surface area contributed by atoms with E-state index in [1.165, 1.54) is 6.07 Å². The molecule has 0 aliphatic rings. The Labute approximate surface area is 122 Å². The van der Waals surface area contributed by atoms with Gasteiger partial charge in [-0.25, -0.2) is 13.6 Å². The number of anilines is 1. The van der Waals surface area contributed by atoms with Crippen LogP contribution < -0.4 is 10.5 Å². The lowest BCUT2D eigenvalue weighted by atomic mass is 10.1. The van der Waals surface area contributed by atoms with E-state index in [0.29, 0.717) is 23.2 Å². The Morgan fingerprint density at radius 1 is 1.30 bits per heavy atom. The van der Waals surface area contributed by atoms with E-state index >= 15 is 0 Å². The van der Waals surface area contributed by atoms with Crippen molar-refractivity contribution in [3.63, 3.8) is 0 Å². The molecule has 1 heterocycles. The predicted molar refractivity (Wildman–Crippen MR) is 78.3 cm³/mol. The molecule has 0 spiro atoms. The number of primary sulfonamides is 1. The lowest BCUT2D eigenvalue weighted by molar-refractivity contribution is 0.520. The van der Waals surface area contributed by atoms with Gasteiger partial charge in [0.25, 0.3) is 0 Å². The van der Waals surface area contributed by atoms with Crippen molar-refractivity contribution in [3.05, 3.63) is 46.4 Å². The van der Waals surface area contributed by atoms with Gasteiger partial charge in [0.15, 0.2) is 5.22 Å². The van der Waals surface area contributed by atoms with E-state index in [4.69, 9.17) is 21.2 Å². The Hall–Kier alpha value is -1.50. The summed E-state index contributed by atoms with van der Waals surface area (Å²) in [6.07, 6.45) is 0. The maximum absolute atomic E-state index is 11.4. The van der Waals surface area contributed by atoms with Crippen LogP contribution in [0.1, 0.15) is 16.9 Å². The van der Waals surface area contributed by atoms with Crippen LogP contribution in [0.5, 0.6) is 0 Å². The number of hydrogen-bond acceptors (Lipinski definition) is 4. The van der Waals surface area contributed by atoms with Crippen LogP contribution >= 0.6 is 11.6 Å². The van der Waals surface area contributed by atoms with Crippen LogP contribution in [0, 0.1) is 13.8 Å². The quantitative estimate of drug-likeness (QED) is 0.908. The first kappa shape index (κ1) is 14.9. The zero-order valence-electron chi connectivity index (χ0n) is 11.1. The highest BCUT2D eigenvalue weighted by atomic mass is 35.5. The number of hydrogen-bond donors (Lipinski definition) is 2. The van der Waals surface area contributed by atoms with Crippen LogP contribution in [0.25, 0.3) is 0 Å². The molecule has 0 fully saturated rings. The molecule has 1 aromatic heterocycles. The van der Waals surface area contributed by atoms with Crippen LogP contribution in [0.15, 0.2) is 33.6 Å². The van der Waals surface area contributed by atoms with Gasteiger partial charge in [-0.3, -0.25) is 0 Å². The van der Waals surface area contributed by atoms with Crippen LogP contribution in [-0.2, 0) is 16.6 Å². The highest BCUT2D eigenvalue weighted by molar-refractivity contribution is 7.89. The number of benzene rings is 1. The van der Waals surface area contributed by atoms with Gasteiger partial charge in [-0.2, -0.15) is 0 Å². The van der Waals surface area contributed by atoms with Crippen molar-refractivity contribution < 1.29 is 12.8 Å². The zero-order valence-corrected chi connectivity index (χ0v) is 12.7. The molecular weight excluding hydrogens is 300 g/mol. The standard InChI is InChI=1S/C13H15ClN2O3S/c1-8-5-11(20(15,17)18)6-12(9(8)2)16-7-10-3-4-13(14)19-10/h3-6,16H,7H2,1-2H3,(H2,15,17,18). The van der Waals surface area contributed by atoms with Gasteiger partial charge in [-0.05, 0) is 60.8 Å². The van der Waals surface area contributed by atoms with E-state index in [-0.39, 0.29) is 4.90 Å². The molecule has 0 saturated carbocycles. The molecule has 20 heavy (non-hydrogen) atoms. The summed E-state index contributed by atoms with van der Waals surface area (Å²) >= 11 is 5.69. The van der Waals surface area contributed by atoms with Crippen LogP contribution in [0.3, 0.4) is 0 Å². The van der Waals surface area contributed by atoms with Gasteiger partial charge in [0.05, 0.1) is 11.4 Å². The molecule has 0 saturated heterocycles. The highest BCUT2D eigenvalue weighted by Gasteiger charge is 2.12. The van der Waals surface area contributed by atoms with Gasteiger partial charge in [-0.15, -0.1) is 0 Å². The lowest BCUT2D eigenvalue weighted by Crippen LogP contribution is -2.13. The molecule has 108 valence electrons. The molecule has 3 N–H and O–H groups in total. The fraction of sp³-hybridized carbons (Fsp3) is 0.231. The molecule has 0 unspecified atom stereocenters. The number of furan rings is 1. The van der Waals surface area contributed by atoms with Gasteiger partial charge in [0.1, 0.15) is 5.76 Å². The first-order valence-corrected chi connectivity index (χ1v) is 7.82. The Kier molecular flexibility index (Phi) is 4.08. The van der Waals surface area contributed by atoms with Gasteiger partial charge in [-0.1, -0.05) is 0 Å². The van der Waals surface area contributed by atoms with E-state index in [1.54, 1.807) is 18.2 Å². The fourth-order valence-electron chi connectivity index (χ4n) is 1.80. The van der Waals surface area contributed by atoms with E-state index in [1.807, 2.05) is 13.8 Å². The van der Waals surface area contributed by atoms with Crippen LogP contribution in [0.4, 0.5) is 5.69 Å². The summed E-state index contributed by atoms with van der Waals surface area (Å²) in [4.78, 5) is 0.0839. The highest BCUT2D eigenvalue weighted by Crippen LogP contribution is 2.24. The van der Waals surface area contributed by atoms with Gasteiger partial charge >= 0.3 is 0 Å². The van der Waals surface area contributed by atoms with Gasteiger partial charge < -0.3 is 9.73 Å². The van der Waals surface area contributed by atoms with Crippen LogP contribution in [0.2, 0.25) is 5.22 Å². The van der Waals surface area contributed by atoms with Gasteiger partial charge in [0, 0.05) is 5.69 Å². The molecule has 0 atom stereocenters. The summed E-state index contributed by atoms with van der Waals surface area (Å²) in [6, 6.07) is 6.47. The SMILES string of the molecule is Cc1cc(S(N)(=O)=O)cc(NCc2ccc(Cl)o2)c1C. The average molecular weight is 315 g/mol. The van der Waals surface area contributed by atoms with Crippen molar-refractivity contribution in [3.8, 4) is 0 Å². The third kappa shape index (κ3) is 3.33. The van der Waals surface area contributed by atoms with E-state index in [0.717, 1.165) is 11.1 Å². The van der Waals surface area contributed by atoms with Crippen molar-refractivity contribution in [2.45, 2.75) is 25.3 Å². The predicted octanol–water partition coefficient (Wildman–Crippen LogP) is 2.81. The minimum absolute atomic E-state index is 0.0839. The van der Waals surface area contributed by atoms with Crippen LogP contribution in [-0.4, -0.2) is 8.42 Å². The van der Waals surface area contributed by atoms with Gasteiger partial charge in [0.2, 0.25) is 10.0 Å². The lowest BCUT2D eigenvalue weighted by Gasteiger charge is -2.12. The van der Waals surface area contributed by atoms with Crippen molar-refractivity contribution in [2.24, 2.45) is 5.14 Å². The number of halogens is 1. The molecule has 7 heteroatoms. The van der Waals surface area contributed by atoms with E-state index in [9.17, 15) is 8.42 Å². The smallest absolute Gasteiger partial charge is 0.238 e. The largest absolute Gasteiger partial charge is 0.448 e. The fourth-order valence-corrected chi connectivity index (χ4v) is 2.59. The topological polar surface area (TPSA) is 85.3 Å². The normalized spacial score (nSPS) is 11.6. The summed E-state index contributed by atoms with van der Waals surface area (Å²) in [5, 5.41) is 8.60. The maximum atomic E-state index is 11.4. The summed E-state index contributed by atoms with van der Waals surface area (Å²) in [6.45, 7) is 4.14. The van der Waals surface area contributed by atoms with E-state index in [2.05, 4.69) is 5.32 Å². The third-order valence-corrected chi connectivity index (χ3v) is 4.15. The Balaban J connectivity index is 2.29. The molecule has 0 aliphatic carbocycles. The molecule has 0 bridgehead atoms. The first-order chi connectivity index (χ1) is 9.27. The molecule has 2 aromatic rings. The van der Waals surface area contributed by atoms with Crippen molar-refractivity contribution >= 4 is 27.3 Å². The Morgan fingerprint density at radius 3 is 2.55 bits per heavy atom. The van der Waals surface area contributed by atoms with Crippen molar-refractivity contribution in [2.75, 3.05) is 5.32 Å². The molecule has 5 nitrogen and oxygen atoms in total. The second-order valence-electron chi connectivity index (χ2n) is 4.52. The van der Waals surface area contributed by atoms with E-state index < -0.39 is 10.0 Å².